The van der Waals surface area contributed by atoms with Crippen LogP contribution in [0.1, 0.15) is 22.7 Å². The summed E-state index contributed by atoms with van der Waals surface area (Å²) in [5, 5.41) is 0. The van der Waals surface area contributed by atoms with E-state index >= 15 is 0 Å². The van der Waals surface area contributed by atoms with Crippen LogP contribution < -0.4 is 5.73 Å². The van der Waals surface area contributed by atoms with E-state index in [0.29, 0.717) is 13.1 Å². The van der Waals surface area contributed by atoms with Gasteiger partial charge in [0.1, 0.15) is 0 Å². The van der Waals surface area contributed by atoms with Gasteiger partial charge in [-0.2, -0.15) is 4.31 Å². The fourth-order valence-corrected chi connectivity index (χ4v) is 4.70. The molecule has 0 aliphatic carbocycles. The second kappa shape index (κ2) is 6.07. The van der Waals surface area contributed by atoms with Crippen molar-refractivity contribution in [3.63, 3.8) is 0 Å². The van der Waals surface area contributed by atoms with Crippen LogP contribution in [0.4, 0.5) is 0 Å². The summed E-state index contributed by atoms with van der Waals surface area (Å²) >= 11 is 0. The molecule has 1 aliphatic heterocycles. The van der Waals surface area contributed by atoms with E-state index in [4.69, 9.17) is 5.73 Å². The third-order valence-electron chi connectivity index (χ3n) is 4.43. The van der Waals surface area contributed by atoms with Gasteiger partial charge in [-0.3, -0.25) is 0 Å². The van der Waals surface area contributed by atoms with Crippen molar-refractivity contribution in [1.82, 2.24) is 13.9 Å². The quantitative estimate of drug-likeness (QED) is 0.904. The Labute approximate surface area is 137 Å². The summed E-state index contributed by atoms with van der Waals surface area (Å²) in [5.74, 6) is -0.0377. The first-order valence-electron chi connectivity index (χ1n) is 7.62. The number of aryl methyl sites for hydroxylation is 2. The van der Waals surface area contributed by atoms with Gasteiger partial charge >= 0.3 is 0 Å². The summed E-state index contributed by atoms with van der Waals surface area (Å²) in [6, 6.07) is 7.34. The maximum absolute atomic E-state index is 12.7. The van der Waals surface area contributed by atoms with Gasteiger partial charge in [0, 0.05) is 38.3 Å². The van der Waals surface area contributed by atoms with Crippen LogP contribution in [0.25, 0.3) is 0 Å². The second-order valence-corrected chi connectivity index (χ2v) is 8.20. The number of sulfonamides is 1. The normalized spacial score (nSPS) is 22.6. The molecule has 1 aromatic heterocycles. The summed E-state index contributed by atoms with van der Waals surface area (Å²) in [4.78, 5) is 4.32. The standard InChI is InChI=1S/C16H22N4O2S/c1-12-5-3-4-6-13(12)10-23(21,22)20-7-14(15(17)8-20)16-9-19(2)11-18-16/h3-6,9,11,14-15H,7-8,10,17H2,1-2H3/t14-,15-/m1/s1. The lowest BCUT2D eigenvalue weighted by Crippen LogP contribution is -2.33. The lowest BCUT2D eigenvalue weighted by Gasteiger charge is -2.17. The number of nitrogens with zero attached hydrogens (tertiary/aromatic N) is 3. The molecule has 2 N–H and O–H groups in total. The molecule has 0 spiro atoms. The topological polar surface area (TPSA) is 81.2 Å². The van der Waals surface area contributed by atoms with Crippen molar-refractivity contribution in [2.24, 2.45) is 12.8 Å². The molecular formula is C16H22N4O2S. The largest absolute Gasteiger partial charge is 0.340 e. The highest BCUT2D eigenvalue weighted by Gasteiger charge is 2.38. The highest BCUT2D eigenvalue weighted by Crippen LogP contribution is 2.28. The minimum Gasteiger partial charge on any atom is -0.340 e. The number of hydrogen-bond acceptors (Lipinski definition) is 4. The molecule has 6 nitrogen and oxygen atoms in total. The molecule has 124 valence electrons. The average molecular weight is 334 g/mol. The van der Waals surface area contributed by atoms with Gasteiger partial charge < -0.3 is 10.3 Å². The Balaban J connectivity index is 1.78. The summed E-state index contributed by atoms with van der Waals surface area (Å²) in [6.07, 6.45) is 3.62. The van der Waals surface area contributed by atoms with Crippen LogP contribution in [0.2, 0.25) is 0 Å². The minimum atomic E-state index is -3.38. The molecule has 2 heterocycles. The van der Waals surface area contributed by atoms with Crippen molar-refractivity contribution in [1.29, 1.82) is 0 Å². The van der Waals surface area contributed by atoms with E-state index in [0.717, 1.165) is 16.8 Å². The third kappa shape index (κ3) is 3.31. The summed E-state index contributed by atoms with van der Waals surface area (Å²) in [6.45, 7) is 2.67. The molecule has 1 saturated heterocycles. The van der Waals surface area contributed by atoms with Crippen molar-refractivity contribution in [2.75, 3.05) is 13.1 Å². The molecule has 7 heteroatoms. The van der Waals surface area contributed by atoms with E-state index in [1.54, 1.807) is 6.33 Å². The number of rotatable bonds is 4. The molecule has 0 bridgehead atoms. The van der Waals surface area contributed by atoms with Crippen molar-refractivity contribution >= 4 is 10.0 Å². The molecule has 2 aromatic rings. The van der Waals surface area contributed by atoms with Gasteiger partial charge in [-0.05, 0) is 18.1 Å². The van der Waals surface area contributed by atoms with Crippen LogP contribution in [-0.2, 0) is 22.8 Å². The molecule has 0 unspecified atom stereocenters. The van der Waals surface area contributed by atoms with Crippen molar-refractivity contribution in [2.45, 2.75) is 24.6 Å². The fourth-order valence-electron chi connectivity index (χ4n) is 3.02. The first-order valence-corrected chi connectivity index (χ1v) is 9.23. The van der Waals surface area contributed by atoms with Gasteiger partial charge in [0.25, 0.3) is 0 Å². The molecule has 0 saturated carbocycles. The zero-order valence-corrected chi connectivity index (χ0v) is 14.2. The van der Waals surface area contributed by atoms with Gasteiger partial charge in [-0.25, -0.2) is 13.4 Å². The van der Waals surface area contributed by atoms with Crippen LogP contribution in [0.3, 0.4) is 0 Å². The van der Waals surface area contributed by atoms with Gasteiger partial charge in [0.05, 0.1) is 17.8 Å². The molecule has 2 atom stereocenters. The van der Waals surface area contributed by atoms with Gasteiger partial charge in [-0.15, -0.1) is 0 Å². The predicted molar refractivity (Wildman–Crippen MR) is 89.3 cm³/mol. The predicted octanol–water partition coefficient (Wildman–Crippen LogP) is 0.985. The first kappa shape index (κ1) is 16.2. The monoisotopic (exact) mass is 334 g/mol. The third-order valence-corrected chi connectivity index (χ3v) is 6.19. The molecule has 1 aliphatic rings. The van der Waals surface area contributed by atoms with E-state index < -0.39 is 10.0 Å². The Morgan fingerprint density at radius 3 is 2.70 bits per heavy atom. The zero-order valence-electron chi connectivity index (χ0n) is 13.4. The van der Waals surface area contributed by atoms with E-state index in [1.165, 1.54) is 4.31 Å². The van der Waals surface area contributed by atoms with E-state index in [9.17, 15) is 8.42 Å². The highest BCUT2D eigenvalue weighted by atomic mass is 32.2. The summed E-state index contributed by atoms with van der Waals surface area (Å²) < 4.78 is 28.8. The Morgan fingerprint density at radius 2 is 2.04 bits per heavy atom. The van der Waals surface area contributed by atoms with Gasteiger partial charge in [-0.1, -0.05) is 24.3 Å². The van der Waals surface area contributed by atoms with Gasteiger partial charge in [0.2, 0.25) is 10.0 Å². The van der Waals surface area contributed by atoms with E-state index in [-0.39, 0.29) is 17.7 Å². The first-order chi connectivity index (χ1) is 10.9. The molecule has 0 radical (unpaired) electrons. The summed E-state index contributed by atoms with van der Waals surface area (Å²) in [5.41, 5.74) is 8.85. The Kier molecular flexibility index (Phi) is 4.27. The minimum absolute atomic E-state index is 0.0152. The number of benzene rings is 1. The Hall–Kier alpha value is -1.70. The molecule has 1 fully saturated rings. The van der Waals surface area contributed by atoms with Crippen molar-refractivity contribution in [3.05, 3.63) is 53.6 Å². The SMILES string of the molecule is Cc1ccccc1CS(=O)(=O)N1C[C@@H](N)[C@H](c2cn(C)cn2)C1. The second-order valence-electron chi connectivity index (χ2n) is 6.23. The zero-order chi connectivity index (χ0) is 16.6. The van der Waals surface area contributed by atoms with Crippen LogP contribution in [0, 0.1) is 6.92 Å². The highest BCUT2D eigenvalue weighted by molar-refractivity contribution is 7.88. The van der Waals surface area contributed by atoms with E-state index in [2.05, 4.69) is 4.98 Å². The van der Waals surface area contributed by atoms with Crippen LogP contribution in [-0.4, -0.2) is 41.4 Å². The van der Waals surface area contributed by atoms with Crippen molar-refractivity contribution < 1.29 is 8.42 Å². The average Bonchev–Trinajstić information content (AvgIpc) is 3.07. The summed E-state index contributed by atoms with van der Waals surface area (Å²) in [7, 11) is -1.49. The maximum atomic E-state index is 12.7. The van der Waals surface area contributed by atoms with Crippen LogP contribution in [0.5, 0.6) is 0 Å². The molecule has 0 amide bonds. The molecule has 1 aromatic carbocycles. The Bertz CT molecular complexity index is 800. The fraction of sp³-hybridized carbons (Fsp3) is 0.438. The lowest BCUT2D eigenvalue weighted by molar-refractivity contribution is 0.469. The van der Waals surface area contributed by atoms with Crippen LogP contribution in [0.15, 0.2) is 36.8 Å². The molecule has 3 rings (SSSR count). The maximum Gasteiger partial charge on any atom is 0.218 e. The number of imidazole rings is 1. The van der Waals surface area contributed by atoms with Crippen LogP contribution >= 0.6 is 0 Å². The Morgan fingerprint density at radius 1 is 1.30 bits per heavy atom. The molecular weight excluding hydrogens is 312 g/mol. The van der Waals surface area contributed by atoms with Gasteiger partial charge in [0.15, 0.2) is 0 Å². The van der Waals surface area contributed by atoms with Crippen molar-refractivity contribution in [3.8, 4) is 0 Å². The number of hydrogen-bond donors (Lipinski definition) is 1. The van der Waals surface area contributed by atoms with E-state index in [1.807, 2.05) is 49.0 Å². The number of nitrogens with two attached hydrogens (primary N) is 1. The number of aromatic nitrogens is 2. The lowest BCUT2D eigenvalue weighted by atomic mass is 10.0. The smallest absolute Gasteiger partial charge is 0.218 e. The molecule has 23 heavy (non-hydrogen) atoms.